The Hall–Kier alpha value is -3.96. The van der Waals surface area contributed by atoms with Gasteiger partial charge in [-0.05, 0) is 88.1 Å². The van der Waals surface area contributed by atoms with Crippen LogP contribution in [-0.2, 0) is 6.61 Å². The quantitative estimate of drug-likeness (QED) is 0.242. The molecule has 0 aliphatic heterocycles. The number of ether oxygens (including phenoxy) is 4. The second-order valence-electron chi connectivity index (χ2n) is 7.29. The van der Waals surface area contributed by atoms with Crippen molar-refractivity contribution in [2.75, 3.05) is 20.8 Å². The molecule has 0 spiro atoms. The van der Waals surface area contributed by atoms with Crippen LogP contribution in [0.1, 0.15) is 34.0 Å². The zero-order valence-electron chi connectivity index (χ0n) is 19.5. The van der Waals surface area contributed by atoms with Gasteiger partial charge in [-0.2, -0.15) is 5.26 Å². The summed E-state index contributed by atoms with van der Waals surface area (Å²) in [6.45, 7) is 2.52. The summed E-state index contributed by atoms with van der Waals surface area (Å²) >= 11 is 3.55. The summed E-state index contributed by atoms with van der Waals surface area (Å²) in [7, 11) is 3.10. The van der Waals surface area contributed by atoms with Crippen LogP contribution in [0, 0.1) is 11.3 Å². The minimum absolute atomic E-state index is 0.212. The number of nitriles is 1. The van der Waals surface area contributed by atoms with Crippen LogP contribution in [0.4, 0.5) is 0 Å². The van der Waals surface area contributed by atoms with Gasteiger partial charge in [0.1, 0.15) is 6.61 Å². The van der Waals surface area contributed by atoms with E-state index < -0.39 is 5.97 Å². The summed E-state index contributed by atoms with van der Waals surface area (Å²) < 4.78 is 23.1. The first-order valence-electron chi connectivity index (χ1n) is 10.7. The van der Waals surface area contributed by atoms with Crippen LogP contribution < -0.4 is 18.9 Å². The Morgan fingerprint density at radius 1 is 0.971 bits per heavy atom. The number of nitrogens with zero attached hydrogens (tertiary/aromatic N) is 1. The summed E-state index contributed by atoms with van der Waals surface area (Å²) in [4.78, 5) is 11.0. The van der Waals surface area contributed by atoms with Gasteiger partial charge in [0, 0.05) is 0 Å². The van der Waals surface area contributed by atoms with Crippen molar-refractivity contribution in [1.29, 1.82) is 5.26 Å². The second-order valence-corrected chi connectivity index (χ2v) is 8.15. The van der Waals surface area contributed by atoms with Gasteiger partial charge in [0.05, 0.1) is 42.5 Å². The molecule has 3 aromatic rings. The van der Waals surface area contributed by atoms with E-state index in [1.54, 1.807) is 56.7 Å². The summed E-state index contributed by atoms with van der Waals surface area (Å²) in [5, 5.41) is 18.9. The Balaban J connectivity index is 1.90. The molecule has 0 aliphatic rings. The van der Waals surface area contributed by atoms with Crippen molar-refractivity contribution in [2.45, 2.75) is 13.5 Å². The SMILES string of the molecule is CCOc1cc(/C=C(\C#N)c2ccc(OC)c(OC)c2)cc(Br)c1OCc1ccc(C(=O)O)cc1. The number of aromatic carboxylic acids is 1. The number of carboxylic acid groups (broad SMARTS) is 1. The summed E-state index contributed by atoms with van der Waals surface area (Å²) in [6.07, 6.45) is 1.75. The molecule has 0 aromatic heterocycles. The molecule has 35 heavy (non-hydrogen) atoms. The monoisotopic (exact) mass is 537 g/mol. The zero-order valence-corrected chi connectivity index (χ0v) is 21.1. The van der Waals surface area contributed by atoms with E-state index >= 15 is 0 Å². The van der Waals surface area contributed by atoms with Crippen LogP contribution in [0.15, 0.2) is 59.1 Å². The highest BCUT2D eigenvalue weighted by molar-refractivity contribution is 9.10. The van der Waals surface area contributed by atoms with Crippen LogP contribution in [0.25, 0.3) is 11.6 Å². The van der Waals surface area contributed by atoms with E-state index in [2.05, 4.69) is 22.0 Å². The van der Waals surface area contributed by atoms with Crippen molar-refractivity contribution in [3.63, 3.8) is 0 Å². The van der Waals surface area contributed by atoms with Crippen molar-refractivity contribution in [3.8, 4) is 29.1 Å². The Morgan fingerprint density at radius 2 is 1.66 bits per heavy atom. The highest BCUT2D eigenvalue weighted by Crippen LogP contribution is 2.39. The maximum Gasteiger partial charge on any atom is 0.335 e. The lowest BCUT2D eigenvalue weighted by molar-refractivity contribution is 0.0697. The number of rotatable bonds is 10. The average molecular weight is 538 g/mol. The molecule has 1 N–H and O–H groups in total. The lowest BCUT2D eigenvalue weighted by atomic mass is 10.0. The fourth-order valence-corrected chi connectivity index (χ4v) is 3.90. The van der Waals surface area contributed by atoms with E-state index in [-0.39, 0.29) is 12.2 Å². The topological polar surface area (TPSA) is 98.0 Å². The van der Waals surface area contributed by atoms with Crippen LogP contribution in [0.2, 0.25) is 0 Å². The van der Waals surface area contributed by atoms with Crippen molar-refractivity contribution in [1.82, 2.24) is 0 Å². The summed E-state index contributed by atoms with van der Waals surface area (Å²) in [6, 6.07) is 17.6. The van der Waals surface area contributed by atoms with E-state index in [4.69, 9.17) is 24.1 Å². The number of methoxy groups -OCH3 is 2. The predicted octanol–water partition coefficient (Wildman–Crippen LogP) is 6.21. The minimum atomic E-state index is -0.979. The number of allylic oxidation sites excluding steroid dienone is 1. The molecule has 0 atom stereocenters. The zero-order chi connectivity index (χ0) is 25.4. The number of benzene rings is 3. The maximum absolute atomic E-state index is 11.0. The largest absolute Gasteiger partial charge is 0.493 e. The molecule has 3 aromatic carbocycles. The predicted molar refractivity (Wildman–Crippen MR) is 136 cm³/mol. The highest BCUT2D eigenvalue weighted by atomic mass is 79.9. The van der Waals surface area contributed by atoms with E-state index in [0.717, 1.165) is 11.1 Å². The van der Waals surface area contributed by atoms with Gasteiger partial charge in [0.25, 0.3) is 0 Å². The highest BCUT2D eigenvalue weighted by Gasteiger charge is 2.14. The maximum atomic E-state index is 11.0. The molecule has 0 amide bonds. The number of hydrogen-bond donors (Lipinski definition) is 1. The molecule has 0 fully saturated rings. The Labute approximate surface area is 212 Å². The first-order valence-corrected chi connectivity index (χ1v) is 11.4. The van der Waals surface area contributed by atoms with Gasteiger partial charge >= 0.3 is 5.97 Å². The number of halogens is 1. The van der Waals surface area contributed by atoms with Crippen LogP contribution in [-0.4, -0.2) is 31.9 Å². The second kappa shape index (κ2) is 12.0. The van der Waals surface area contributed by atoms with Crippen molar-refractivity contribution in [2.24, 2.45) is 0 Å². The Bertz CT molecular complexity index is 1280. The summed E-state index contributed by atoms with van der Waals surface area (Å²) in [5.74, 6) is 1.15. The molecule has 0 saturated heterocycles. The van der Waals surface area contributed by atoms with Crippen molar-refractivity contribution in [3.05, 3.63) is 81.3 Å². The van der Waals surface area contributed by atoms with E-state index in [9.17, 15) is 10.1 Å². The molecule has 8 heteroatoms. The molecule has 0 heterocycles. The van der Waals surface area contributed by atoms with Crippen molar-refractivity contribution >= 4 is 33.5 Å². The molecule has 0 saturated carbocycles. The van der Waals surface area contributed by atoms with Gasteiger partial charge in [0.2, 0.25) is 0 Å². The molecular formula is C27H24BrNO6. The lowest BCUT2D eigenvalue weighted by Gasteiger charge is -2.15. The Kier molecular flexibility index (Phi) is 8.76. The fraction of sp³-hybridized carbons (Fsp3) is 0.185. The molecule has 0 aliphatic carbocycles. The smallest absolute Gasteiger partial charge is 0.335 e. The third kappa shape index (κ3) is 6.34. The van der Waals surface area contributed by atoms with Gasteiger partial charge < -0.3 is 24.1 Å². The standard InChI is InChI=1S/C27H24BrNO6/c1-4-34-25-13-18(11-21(15-29)20-9-10-23(32-2)24(14-20)33-3)12-22(28)26(25)35-16-17-5-7-19(8-6-17)27(30)31/h5-14H,4,16H2,1-3H3,(H,30,31)/b21-11+. The third-order valence-electron chi connectivity index (χ3n) is 5.04. The number of carbonyl (C=O) groups is 1. The summed E-state index contributed by atoms with van der Waals surface area (Å²) in [5.41, 5.74) is 2.89. The van der Waals surface area contributed by atoms with Crippen LogP contribution in [0.3, 0.4) is 0 Å². The lowest BCUT2D eigenvalue weighted by Crippen LogP contribution is -2.02. The minimum Gasteiger partial charge on any atom is -0.493 e. The third-order valence-corrected chi connectivity index (χ3v) is 5.63. The molecule has 7 nitrogen and oxygen atoms in total. The fourth-order valence-electron chi connectivity index (χ4n) is 3.32. The van der Waals surface area contributed by atoms with E-state index in [1.807, 2.05) is 13.0 Å². The van der Waals surface area contributed by atoms with Gasteiger partial charge in [-0.3, -0.25) is 0 Å². The van der Waals surface area contributed by atoms with E-state index in [0.29, 0.717) is 45.2 Å². The number of carboxylic acids is 1. The van der Waals surface area contributed by atoms with Gasteiger partial charge in [-0.15, -0.1) is 0 Å². The van der Waals surface area contributed by atoms with Crippen molar-refractivity contribution < 1.29 is 28.8 Å². The van der Waals surface area contributed by atoms with Crippen LogP contribution >= 0.6 is 15.9 Å². The Morgan fingerprint density at radius 3 is 2.26 bits per heavy atom. The first kappa shape index (κ1) is 25.7. The van der Waals surface area contributed by atoms with Gasteiger partial charge in [-0.25, -0.2) is 4.79 Å². The average Bonchev–Trinajstić information content (AvgIpc) is 2.86. The molecule has 0 bridgehead atoms. The number of hydrogen-bond acceptors (Lipinski definition) is 6. The normalized spacial score (nSPS) is 10.9. The van der Waals surface area contributed by atoms with E-state index in [1.165, 1.54) is 12.1 Å². The van der Waals surface area contributed by atoms with Gasteiger partial charge in [-0.1, -0.05) is 12.1 Å². The molecule has 180 valence electrons. The molecule has 0 unspecified atom stereocenters. The first-order chi connectivity index (χ1) is 16.9. The molecular weight excluding hydrogens is 514 g/mol. The van der Waals surface area contributed by atoms with Crippen LogP contribution in [0.5, 0.6) is 23.0 Å². The molecule has 3 rings (SSSR count). The van der Waals surface area contributed by atoms with Gasteiger partial charge in [0.15, 0.2) is 23.0 Å². The molecule has 0 radical (unpaired) electrons.